The van der Waals surface area contributed by atoms with Crippen LogP contribution >= 0.6 is 22.6 Å². The first-order valence-corrected chi connectivity index (χ1v) is 10.2. The zero-order valence-corrected chi connectivity index (χ0v) is 18.6. The fraction of sp³-hybridized carbons (Fsp3) is 0.0909. The van der Waals surface area contributed by atoms with Crippen LogP contribution in [0.25, 0.3) is 0 Å². The van der Waals surface area contributed by atoms with Gasteiger partial charge in [-0.2, -0.15) is 5.10 Å². The number of hydrazone groups is 1. The molecule has 8 nitrogen and oxygen atoms in total. The second-order valence-corrected chi connectivity index (χ2v) is 7.47. The molecule has 0 radical (unpaired) electrons. The summed E-state index contributed by atoms with van der Waals surface area (Å²) >= 11 is 2.15. The molecule has 158 valence electrons. The second-order valence-electron chi connectivity index (χ2n) is 6.31. The number of hydrogen-bond donors (Lipinski definition) is 1. The van der Waals surface area contributed by atoms with Crippen molar-refractivity contribution in [3.05, 3.63) is 97.1 Å². The zero-order chi connectivity index (χ0) is 22.2. The van der Waals surface area contributed by atoms with E-state index in [0.29, 0.717) is 23.7 Å². The van der Waals surface area contributed by atoms with Gasteiger partial charge in [0, 0.05) is 17.7 Å². The number of hydrogen-bond acceptors (Lipinski definition) is 6. The number of non-ortho nitro benzene ring substituents is 1. The summed E-state index contributed by atoms with van der Waals surface area (Å²) in [5.41, 5.74) is 4.32. The van der Waals surface area contributed by atoms with E-state index in [1.54, 1.807) is 13.2 Å². The van der Waals surface area contributed by atoms with Gasteiger partial charge >= 0.3 is 0 Å². The Bertz CT molecular complexity index is 1100. The molecular formula is C22H18IN3O5. The Morgan fingerprint density at radius 2 is 1.87 bits per heavy atom. The number of amides is 1. The van der Waals surface area contributed by atoms with Crippen molar-refractivity contribution in [1.29, 1.82) is 0 Å². The van der Waals surface area contributed by atoms with Crippen LogP contribution in [-0.2, 0) is 6.61 Å². The molecule has 31 heavy (non-hydrogen) atoms. The van der Waals surface area contributed by atoms with Crippen molar-refractivity contribution >= 4 is 40.4 Å². The van der Waals surface area contributed by atoms with Gasteiger partial charge in [-0.25, -0.2) is 5.43 Å². The number of ether oxygens (including phenoxy) is 2. The average molecular weight is 531 g/mol. The topological polar surface area (TPSA) is 103 Å². The number of carbonyl (C=O) groups excluding carboxylic acids is 1. The normalized spacial score (nSPS) is 10.6. The van der Waals surface area contributed by atoms with Crippen molar-refractivity contribution in [3.63, 3.8) is 0 Å². The lowest BCUT2D eigenvalue weighted by atomic mass is 10.2. The van der Waals surface area contributed by atoms with E-state index in [-0.39, 0.29) is 11.3 Å². The summed E-state index contributed by atoms with van der Waals surface area (Å²) in [5, 5.41) is 14.6. The van der Waals surface area contributed by atoms with E-state index in [4.69, 9.17) is 9.47 Å². The largest absolute Gasteiger partial charge is 0.493 e. The number of nitrogens with one attached hydrogen (secondary N) is 1. The van der Waals surface area contributed by atoms with E-state index in [0.717, 1.165) is 9.13 Å². The third-order valence-corrected chi connectivity index (χ3v) is 5.00. The van der Waals surface area contributed by atoms with Gasteiger partial charge in [0.2, 0.25) is 0 Å². The maximum absolute atomic E-state index is 12.1. The van der Waals surface area contributed by atoms with Gasteiger partial charge in [0.1, 0.15) is 6.61 Å². The highest BCUT2D eigenvalue weighted by Gasteiger charge is 2.12. The number of carbonyl (C=O) groups is 1. The first kappa shape index (κ1) is 22.2. The third-order valence-electron chi connectivity index (χ3n) is 4.20. The maximum atomic E-state index is 12.1. The highest BCUT2D eigenvalue weighted by molar-refractivity contribution is 14.1. The number of methoxy groups -OCH3 is 1. The lowest BCUT2D eigenvalue weighted by Gasteiger charge is -2.13. The molecule has 1 N–H and O–H groups in total. The molecule has 0 aliphatic carbocycles. The minimum Gasteiger partial charge on any atom is -0.493 e. The molecule has 0 heterocycles. The van der Waals surface area contributed by atoms with E-state index >= 15 is 0 Å². The zero-order valence-electron chi connectivity index (χ0n) is 16.4. The Kier molecular flexibility index (Phi) is 7.55. The third kappa shape index (κ3) is 6.01. The Morgan fingerprint density at radius 3 is 2.52 bits per heavy atom. The quantitative estimate of drug-likeness (QED) is 0.199. The highest BCUT2D eigenvalue weighted by atomic mass is 127. The highest BCUT2D eigenvalue weighted by Crippen LogP contribution is 2.34. The molecule has 3 aromatic rings. The molecule has 0 bridgehead atoms. The summed E-state index contributed by atoms with van der Waals surface area (Å²) in [5.74, 6) is 0.695. The molecule has 0 fully saturated rings. The van der Waals surface area contributed by atoms with Crippen LogP contribution in [-0.4, -0.2) is 24.2 Å². The number of rotatable bonds is 8. The fourth-order valence-corrected chi connectivity index (χ4v) is 3.43. The SMILES string of the molecule is COc1cc(/C=N\NC(=O)c2ccc([N+](=O)[O-])cc2)cc(I)c1OCc1ccccc1. The molecule has 1 amide bonds. The fourth-order valence-electron chi connectivity index (χ4n) is 2.65. The number of benzene rings is 3. The molecule has 0 atom stereocenters. The van der Waals surface area contributed by atoms with Crippen molar-refractivity contribution in [2.75, 3.05) is 7.11 Å². The predicted molar refractivity (Wildman–Crippen MR) is 125 cm³/mol. The Balaban J connectivity index is 1.67. The van der Waals surface area contributed by atoms with Gasteiger partial charge < -0.3 is 9.47 Å². The Morgan fingerprint density at radius 1 is 1.16 bits per heavy atom. The standard InChI is InChI=1S/C22H18IN3O5/c1-30-20-12-16(11-19(23)21(20)31-14-15-5-3-2-4-6-15)13-24-25-22(27)17-7-9-18(10-8-17)26(28)29/h2-13H,14H2,1H3,(H,25,27)/b24-13-. The molecule has 9 heteroatoms. The van der Waals surface area contributed by atoms with Crippen molar-refractivity contribution in [1.82, 2.24) is 5.43 Å². The van der Waals surface area contributed by atoms with Crippen LogP contribution in [0.4, 0.5) is 5.69 Å². The van der Waals surface area contributed by atoms with E-state index in [9.17, 15) is 14.9 Å². The van der Waals surface area contributed by atoms with Crippen LogP contribution in [0.5, 0.6) is 11.5 Å². The number of nitrogens with zero attached hydrogens (tertiary/aromatic N) is 2. The van der Waals surface area contributed by atoms with Gasteiger partial charge in [0.25, 0.3) is 11.6 Å². The molecule has 3 rings (SSSR count). The van der Waals surface area contributed by atoms with Crippen LogP contribution in [0.1, 0.15) is 21.5 Å². The summed E-state index contributed by atoms with van der Waals surface area (Å²) in [6, 6.07) is 18.7. The summed E-state index contributed by atoms with van der Waals surface area (Å²) in [4.78, 5) is 22.3. The Labute approximate surface area is 192 Å². The number of halogens is 1. The van der Waals surface area contributed by atoms with Gasteiger partial charge in [-0.15, -0.1) is 0 Å². The van der Waals surface area contributed by atoms with Crippen molar-refractivity contribution < 1.29 is 19.2 Å². The van der Waals surface area contributed by atoms with E-state index in [2.05, 4.69) is 33.1 Å². The predicted octanol–water partition coefficient (Wildman–Crippen LogP) is 4.55. The smallest absolute Gasteiger partial charge is 0.271 e. The summed E-state index contributed by atoms with van der Waals surface area (Å²) in [6.07, 6.45) is 1.48. The van der Waals surface area contributed by atoms with Crippen molar-refractivity contribution in [3.8, 4) is 11.5 Å². The molecule has 0 aliphatic rings. The number of nitro benzene ring substituents is 1. The van der Waals surface area contributed by atoms with E-state index in [1.165, 1.54) is 30.5 Å². The van der Waals surface area contributed by atoms with E-state index < -0.39 is 10.8 Å². The van der Waals surface area contributed by atoms with Crippen LogP contribution < -0.4 is 14.9 Å². The van der Waals surface area contributed by atoms with Crippen LogP contribution in [0.3, 0.4) is 0 Å². The summed E-state index contributed by atoms with van der Waals surface area (Å²) in [7, 11) is 1.55. The first-order valence-electron chi connectivity index (χ1n) is 9.10. The van der Waals surface area contributed by atoms with Gasteiger partial charge in [0.15, 0.2) is 11.5 Å². The lowest BCUT2D eigenvalue weighted by molar-refractivity contribution is -0.384. The van der Waals surface area contributed by atoms with Crippen LogP contribution in [0, 0.1) is 13.7 Å². The molecule has 0 saturated heterocycles. The minimum absolute atomic E-state index is 0.0868. The van der Waals surface area contributed by atoms with Crippen molar-refractivity contribution in [2.24, 2.45) is 5.10 Å². The molecular weight excluding hydrogens is 513 g/mol. The first-order chi connectivity index (χ1) is 15.0. The molecule has 0 unspecified atom stereocenters. The summed E-state index contributed by atoms with van der Waals surface area (Å²) < 4.78 is 12.2. The molecule has 0 saturated carbocycles. The lowest BCUT2D eigenvalue weighted by Crippen LogP contribution is -2.17. The molecule has 0 aliphatic heterocycles. The Hall–Kier alpha value is -3.47. The van der Waals surface area contributed by atoms with Crippen LogP contribution in [0.15, 0.2) is 71.8 Å². The van der Waals surface area contributed by atoms with Gasteiger partial charge in [0.05, 0.1) is 21.8 Å². The van der Waals surface area contributed by atoms with E-state index in [1.807, 2.05) is 36.4 Å². The average Bonchev–Trinajstić information content (AvgIpc) is 2.78. The molecule has 0 spiro atoms. The van der Waals surface area contributed by atoms with Crippen LogP contribution in [0.2, 0.25) is 0 Å². The maximum Gasteiger partial charge on any atom is 0.271 e. The molecule has 3 aromatic carbocycles. The van der Waals surface area contributed by atoms with Gasteiger partial charge in [-0.05, 0) is 58.0 Å². The van der Waals surface area contributed by atoms with Gasteiger partial charge in [-0.3, -0.25) is 14.9 Å². The summed E-state index contributed by atoms with van der Waals surface area (Å²) in [6.45, 7) is 0.409. The monoisotopic (exact) mass is 531 g/mol. The number of nitro groups is 1. The molecule has 0 aromatic heterocycles. The van der Waals surface area contributed by atoms with Gasteiger partial charge in [-0.1, -0.05) is 30.3 Å². The second kappa shape index (κ2) is 10.5. The minimum atomic E-state index is -0.526. The van der Waals surface area contributed by atoms with Crippen molar-refractivity contribution in [2.45, 2.75) is 6.61 Å².